The van der Waals surface area contributed by atoms with E-state index in [0.717, 1.165) is 54.0 Å². The maximum atomic E-state index is 11.4. The molecule has 0 radical (unpaired) electrons. The van der Waals surface area contributed by atoms with Crippen molar-refractivity contribution in [2.24, 2.45) is 17.8 Å². The molecule has 5 rings (SSSR count). The highest BCUT2D eigenvalue weighted by Crippen LogP contribution is 2.50. The number of anilines is 1. The Morgan fingerprint density at radius 2 is 2.07 bits per heavy atom. The molecule has 0 N–H and O–H groups in total. The fourth-order valence-corrected chi connectivity index (χ4v) is 5.28. The zero-order valence-corrected chi connectivity index (χ0v) is 18.4. The first kappa shape index (κ1) is 20.1. The van der Waals surface area contributed by atoms with Crippen molar-refractivity contribution in [1.29, 1.82) is 0 Å². The van der Waals surface area contributed by atoms with E-state index in [1.165, 1.54) is 38.5 Å². The van der Waals surface area contributed by atoms with Gasteiger partial charge in [-0.2, -0.15) is 4.98 Å². The van der Waals surface area contributed by atoms with E-state index in [1.807, 2.05) is 12.1 Å². The minimum absolute atomic E-state index is 0.502. The fourth-order valence-electron chi connectivity index (χ4n) is 4.82. The van der Waals surface area contributed by atoms with Crippen LogP contribution < -0.4 is 9.64 Å². The highest BCUT2D eigenvalue weighted by Gasteiger charge is 2.43. The number of piperidine rings is 1. The summed E-state index contributed by atoms with van der Waals surface area (Å²) >= 11 is -0.997. The van der Waals surface area contributed by atoms with Crippen molar-refractivity contribution in [2.45, 2.75) is 55.8 Å². The van der Waals surface area contributed by atoms with Gasteiger partial charge < -0.3 is 18.7 Å². The van der Waals surface area contributed by atoms with Crippen molar-refractivity contribution >= 4 is 17.1 Å². The Kier molecular flexibility index (Phi) is 5.87. The van der Waals surface area contributed by atoms with Crippen LogP contribution in [0.4, 0.5) is 5.95 Å². The second kappa shape index (κ2) is 8.75. The van der Waals surface area contributed by atoms with Crippen LogP contribution in [0, 0.1) is 17.8 Å². The molecule has 0 aromatic carbocycles. The third kappa shape index (κ3) is 4.44. The van der Waals surface area contributed by atoms with Crippen LogP contribution in [0.1, 0.15) is 56.8 Å². The Hall–Kier alpha value is -1.80. The summed E-state index contributed by atoms with van der Waals surface area (Å²) in [4.78, 5) is 11.9. The maximum Gasteiger partial charge on any atom is 0.266 e. The van der Waals surface area contributed by atoms with E-state index in [4.69, 9.17) is 9.26 Å². The lowest BCUT2D eigenvalue weighted by atomic mass is 9.85. The molecule has 3 aliphatic rings. The molecule has 3 heterocycles. The van der Waals surface area contributed by atoms with Gasteiger partial charge in [-0.3, -0.25) is 0 Å². The Bertz CT molecular complexity index is 831. The van der Waals surface area contributed by atoms with Gasteiger partial charge in [0.25, 0.3) is 5.95 Å². The van der Waals surface area contributed by atoms with Crippen LogP contribution in [0.5, 0.6) is 5.88 Å². The average molecular weight is 431 g/mol. The van der Waals surface area contributed by atoms with Crippen LogP contribution in [0.15, 0.2) is 27.7 Å². The summed E-state index contributed by atoms with van der Waals surface area (Å²) in [6.07, 6.45) is 11.8. The van der Waals surface area contributed by atoms with Gasteiger partial charge in [-0.05, 0) is 72.6 Å². The second-order valence-electron chi connectivity index (χ2n) is 8.97. The van der Waals surface area contributed by atoms with Gasteiger partial charge in [0.05, 0.1) is 12.8 Å². The van der Waals surface area contributed by atoms with E-state index in [-0.39, 0.29) is 0 Å². The monoisotopic (exact) mass is 430 g/mol. The van der Waals surface area contributed by atoms with E-state index < -0.39 is 11.2 Å². The molecular formula is C22H30N4O3S. The summed E-state index contributed by atoms with van der Waals surface area (Å²) in [6.45, 7) is 2.76. The number of aromatic nitrogens is 3. The van der Waals surface area contributed by atoms with Gasteiger partial charge in [0.2, 0.25) is 11.8 Å². The van der Waals surface area contributed by atoms with Crippen LogP contribution in [0.25, 0.3) is 0 Å². The van der Waals surface area contributed by atoms with E-state index in [0.29, 0.717) is 18.4 Å². The smallest absolute Gasteiger partial charge is 0.266 e. The van der Waals surface area contributed by atoms with Crippen molar-refractivity contribution < 1.29 is 13.8 Å². The van der Waals surface area contributed by atoms with Gasteiger partial charge in [-0.1, -0.05) is 6.42 Å². The van der Waals surface area contributed by atoms with Crippen molar-refractivity contribution in [1.82, 2.24) is 15.1 Å². The predicted octanol–water partition coefficient (Wildman–Crippen LogP) is 3.79. The highest BCUT2D eigenvalue weighted by atomic mass is 32.2. The molecule has 7 nitrogen and oxygen atoms in total. The summed E-state index contributed by atoms with van der Waals surface area (Å²) in [5.41, 5.74) is 0. The minimum Gasteiger partial charge on any atom is -0.612 e. The summed E-state index contributed by atoms with van der Waals surface area (Å²) in [5, 5.41) is 4.23. The molecule has 3 atom stereocenters. The summed E-state index contributed by atoms with van der Waals surface area (Å²) in [7, 11) is 0. The van der Waals surface area contributed by atoms with Gasteiger partial charge >= 0.3 is 0 Å². The zero-order valence-electron chi connectivity index (χ0n) is 17.5. The van der Waals surface area contributed by atoms with Gasteiger partial charge in [0.1, 0.15) is 6.26 Å². The Morgan fingerprint density at radius 3 is 2.73 bits per heavy atom. The summed E-state index contributed by atoms with van der Waals surface area (Å²) in [5.74, 6) is 5.18. The molecular weight excluding hydrogens is 400 g/mol. The molecule has 30 heavy (non-hydrogen) atoms. The lowest BCUT2D eigenvalue weighted by Gasteiger charge is -2.31. The molecule has 162 valence electrons. The quantitative estimate of drug-likeness (QED) is 0.589. The fraction of sp³-hybridized carbons (Fsp3) is 0.682. The number of pyridine rings is 1. The molecule has 3 fully saturated rings. The number of rotatable bonds is 8. The molecule has 8 heteroatoms. The second-order valence-corrected chi connectivity index (χ2v) is 10.3. The molecule has 0 bridgehead atoms. The van der Waals surface area contributed by atoms with E-state index in [2.05, 4.69) is 20.0 Å². The summed E-state index contributed by atoms with van der Waals surface area (Å²) in [6, 6.07) is 3.64. The predicted molar refractivity (Wildman–Crippen MR) is 114 cm³/mol. The third-order valence-corrected chi connectivity index (χ3v) is 7.98. The first-order valence-corrected chi connectivity index (χ1v) is 12.7. The minimum atomic E-state index is -0.997. The van der Waals surface area contributed by atoms with Crippen LogP contribution in [-0.2, 0) is 11.2 Å². The molecule has 2 aromatic rings. The molecule has 1 aliphatic heterocycles. The number of nitrogens with zero attached hydrogens (tertiary/aromatic N) is 4. The van der Waals surface area contributed by atoms with Gasteiger partial charge in [-0.25, -0.2) is 4.98 Å². The van der Waals surface area contributed by atoms with Gasteiger partial charge in [0.15, 0.2) is 4.90 Å². The SMILES string of the molecule is C[S+]([O-])c1ccc(OCCC2CC2C2CCN(c3noc(C4CCC4)n3)CC2)nc1. The van der Waals surface area contributed by atoms with Crippen molar-refractivity contribution in [3.63, 3.8) is 0 Å². The number of ether oxygens (including phenoxy) is 1. The lowest BCUT2D eigenvalue weighted by molar-refractivity contribution is 0.275. The van der Waals surface area contributed by atoms with Crippen LogP contribution in [0.2, 0.25) is 0 Å². The van der Waals surface area contributed by atoms with E-state index in [1.54, 1.807) is 12.5 Å². The highest BCUT2D eigenvalue weighted by molar-refractivity contribution is 7.90. The van der Waals surface area contributed by atoms with Crippen molar-refractivity contribution in [3.8, 4) is 5.88 Å². The van der Waals surface area contributed by atoms with E-state index >= 15 is 0 Å². The maximum absolute atomic E-state index is 11.4. The van der Waals surface area contributed by atoms with Crippen molar-refractivity contribution in [3.05, 3.63) is 24.2 Å². The van der Waals surface area contributed by atoms with E-state index in [9.17, 15) is 4.55 Å². The van der Waals surface area contributed by atoms with Gasteiger partial charge in [0, 0.05) is 31.1 Å². The third-order valence-electron chi connectivity index (χ3n) is 7.07. The first-order chi connectivity index (χ1) is 14.7. The van der Waals surface area contributed by atoms with Crippen LogP contribution in [-0.4, -0.2) is 45.6 Å². The largest absolute Gasteiger partial charge is 0.612 e. The molecule has 2 aliphatic carbocycles. The summed E-state index contributed by atoms with van der Waals surface area (Å²) < 4.78 is 22.7. The Labute approximate surface area is 180 Å². The standard InChI is InChI=1S/C22H30N4O3S/c1-30(27)18-5-6-20(23-14-18)28-12-9-17-13-19(17)15-7-10-26(11-8-15)22-24-21(29-25-22)16-3-2-4-16/h5-6,14-17,19H,2-4,7-13H2,1H3. The molecule has 1 saturated heterocycles. The normalized spacial score (nSPS) is 25.7. The zero-order chi connectivity index (χ0) is 20.5. The number of hydrogen-bond acceptors (Lipinski definition) is 7. The Balaban J connectivity index is 1.02. The molecule has 0 amide bonds. The first-order valence-electron chi connectivity index (χ1n) is 11.2. The van der Waals surface area contributed by atoms with Crippen molar-refractivity contribution in [2.75, 3.05) is 30.9 Å². The lowest BCUT2D eigenvalue weighted by Crippen LogP contribution is -2.35. The molecule has 3 unspecified atom stereocenters. The van der Waals surface area contributed by atoms with Gasteiger partial charge in [-0.15, -0.1) is 0 Å². The van der Waals surface area contributed by atoms with Crippen LogP contribution >= 0.6 is 0 Å². The molecule has 2 saturated carbocycles. The topological polar surface area (TPSA) is 87.3 Å². The molecule has 2 aromatic heterocycles. The van der Waals surface area contributed by atoms with Crippen LogP contribution in [0.3, 0.4) is 0 Å². The Morgan fingerprint density at radius 1 is 1.23 bits per heavy atom. The average Bonchev–Trinajstić information content (AvgIpc) is 3.34. The number of hydrogen-bond donors (Lipinski definition) is 0. The molecule has 0 spiro atoms.